The SMILES string of the molecule is N#Cc1ccccc1S(=O)(=O)N1CCC[C@@H]1C(=O)O. The fourth-order valence-electron chi connectivity index (χ4n) is 2.18. The van der Waals surface area contributed by atoms with Crippen molar-refractivity contribution in [3.63, 3.8) is 0 Å². The summed E-state index contributed by atoms with van der Waals surface area (Å²) in [7, 11) is -3.95. The number of aliphatic carboxylic acids is 1. The van der Waals surface area contributed by atoms with Crippen LogP contribution >= 0.6 is 0 Å². The lowest BCUT2D eigenvalue weighted by atomic mass is 10.2. The van der Waals surface area contributed by atoms with Crippen LogP contribution in [0, 0.1) is 11.3 Å². The molecule has 0 aliphatic carbocycles. The monoisotopic (exact) mass is 280 g/mol. The van der Waals surface area contributed by atoms with E-state index < -0.39 is 22.0 Å². The van der Waals surface area contributed by atoms with E-state index in [2.05, 4.69) is 0 Å². The number of carbonyl (C=O) groups is 1. The minimum Gasteiger partial charge on any atom is -0.480 e. The summed E-state index contributed by atoms with van der Waals surface area (Å²) in [5.74, 6) is -1.16. The van der Waals surface area contributed by atoms with Gasteiger partial charge in [-0.3, -0.25) is 4.79 Å². The largest absolute Gasteiger partial charge is 0.480 e. The van der Waals surface area contributed by atoms with Gasteiger partial charge in [-0.2, -0.15) is 9.57 Å². The lowest BCUT2D eigenvalue weighted by molar-refractivity contribution is -0.140. The maximum atomic E-state index is 12.4. The Labute approximate surface area is 110 Å². The van der Waals surface area contributed by atoms with Crippen LogP contribution in [0.1, 0.15) is 18.4 Å². The number of rotatable bonds is 3. The number of carboxylic acid groups (broad SMARTS) is 1. The van der Waals surface area contributed by atoms with Crippen LogP contribution in [0.5, 0.6) is 0 Å². The molecule has 6 nitrogen and oxygen atoms in total. The number of hydrogen-bond donors (Lipinski definition) is 1. The zero-order valence-corrected chi connectivity index (χ0v) is 10.8. The second-order valence-electron chi connectivity index (χ2n) is 4.22. The summed E-state index contributed by atoms with van der Waals surface area (Å²) in [6.07, 6.45) is 0.800. The number of nitrogens with zero attached hydrogens (tertiary/aromatic N) is 2. The van der Waals surface area contributed by atoms with E-state index in [0.29, 0.717) is 12.8 Å². The van der Waals surface area contributed by atoms with Gasteiger partial charge in [0.05, 0.1) is 10.5 Å². The Balaban J connectivity index is 2.49. The van der Waals surface area contributed by atoms with E-state index in [1.54, 1.807) is 6.07 Å². The highest BCUT2D eigenvalue weighted by atomic mass is 32.2. The molecule has 0 unspecified atom stereocenters. The highest BCUT2D eigenvalue weighted by Crippen LogP contribution is 2.27. The molecule has 100 valence electrons. The van der Waals surface area contributed by atoms with Crippen LogP contribution in [-0.4, -0.2) is 36.4 Å². The zero-order chi connectivity index (χ0) is 14.0. The molecule has 1 heterocycles. The van der Waals surface area contributed by atoms with Crippen molar-refractivity contribution in [3.05, 3.63) is 29.8 Å². The molecule has 0 amide bonds. The van der Waals surface area contributed by atoms with E-state index in [4.69, 9.17) is 10.4 Å². The van der Waals surface area contributed by atoms with E-state index in [1.807, 2.05) is 6.07 Å². The summed E-state index contributed by atoms with van der Waals surface area (Å²) in [6, 6.07) is 6.58. The van der Waals surface area contributed by atoms with Gasteiger partial charge in [-0.05, 0) is 25.0 Å². The van der Waals surface area contributed by atoms with Gasteiger partial charge in [-0.25, -0.2) is 8.42 Å². The minimum absolute atomic E-state index is 0.0264. The summed E-state index contributed by atoms with van der Waals surface area (Å²) in [6.45, 7) is 0.166. The summed E-state index contributed by atoms with van der Waals surface area (Å²) >= 11 is 0. The van der Waals surface area contributed by atoms with Crippen LogP contribution in [0.15, 0.2) is 29.2 Å². The van der Waals surface area contributed by atoms with Gasteiger partial charge in [0.15, 0.2) is 0 Å². The molecule has 1 aromatic rings. The molecule has 0 saturated carbocycles. The molecule has 0 aromatic heterocycles. The number of nitriles is 1. The van der Waals surface area contributed by atoms with Crippen LogP contribution in [0.4, 0.5) is 0 Å². The normalized spacial score (nSPS) is 20.1. The van der Waals surface area contributed by atoms with Gasteiger partial charge in [-0.15, -0.1) is 0 Å². The molecule has 0 radical (unpaired) electrons. The van der Waals surface area contributed by atoms with Gasteiger partial charge in [-0.1, -0.05) is 12.1 Å². The van der Waals surface area contributed by atoms with Crippen molar-refractivity contribution in [3.8, 4) is 6.07 Å². The van der Waals surface area contributed by atoms with Crippen LogP contribution in [-0.2, 0) is 14.8 Å². The van der Waals surface area contributed by atoms with Gasteiger partial charge in [0.25, 0.3) is 0 Å². The second-order valence-corrected chi connectivity index (χ2v) is 6.08. The fraction of sp³-hybridized carbons (Fsp3) is 0.333. The van der Waals surface area contributed by atoms with Gasteiger partial charge in [0.2, 0.25) is 10.0 Å². The average Bonchev–Trinajstić information content (AvgIpc) is 2.88. The molecule has 0 bridgehead atoms. The van der Waals surface area contributed by atoms with Gasteiger partial charge in [0, 0.05) is 6.54 Å². The first-order valence-electron chi connectivity index (χ1n) is 5.72. The average molecular weight is 280 g/mol. The molecular weight excluding hydrogens is 268 g/mol. The van der Waals surface area contributed by atoms with E-state index in [0.717, 1.165) is 4.31 Å². The smallest absolute Gasteiger partial charge is 0.322 e. The Kier molecular flexibility index (Phi) is 3.55. The molecular formula is C12H12N2O4S. The topological polar surface area (TPSA) is 98.5 Å². The highest BCUT2D eigenvalue weighted by molar-refractivity contribution is 7.89. The molecule has 1 fully saturated rings. The molecule has 7 heteroatoms. The predicted octanol–water partition coefficient (Wildman–Crippen LogP) is 0.796. The van der Waals surface area contributed by atoms with Crippen molar-refractivity contribution in [2.45, 2.75) is 23.8 Å². The first-order chi connectivity index (χ1) is 8.98. The predicted molar refractivity (Wildman–Crippen MR) is 65.7 cm³/mol. The van der Waals surface area contributed by atoms with E-state index in [-0.39, 0.29) is 17.0 Å². The third-order valence-corrected chi connectivity index (χ3v) is 5.05. The molecule has 1 aliphatic heterocycles. The summed E-state index contributed by atoms with van der Waals surface area (Å²) in [5.41, 5.74) is 0.0264. The van der Waals surface area contributed by atoms with Crippen molar-refractivity contribution in [1.82, 2.24) is 4.31 Å². The lowest BCUT2D eigenvalue weighted by Crippen LogP contribution is -2.40. The highest BCUT2D eigenvalue weighted by Gasteiger charge is 2.40. The molecule has 0 spiro atoms. The zero-order valence-electron chi connectivity index (χ0n) is 9.98. The third kappa shape index (κ3) is 2.32. The molecule has 19 heavy (non-hydrogen) atoms. The van der Waals surface area contributed by atoms with Crippen LogP contribution in [0.2, 0.25) is 0 Å². The fourth-order valence-corrected chi connectivity index (χ4v) is 3.98. The molecule has 1 saturated heterocycles. The van der Waals surface area contributed by atoms with Crippen molar-refractivity contribution < 1.29 is 18.3 Å². The Bertz CT molecular complexity index is 648. The van der Waals surface area contributed by atoms with Crippen LogP contribution in [0.25, 0.3) is 0 Å². The van der Waals surface area contributed by atoms with Crippen molar-refractivity contribution in [1.29, 1.82) is 5.26 Å². The summed E-state index contributed by atoms with van der Waals surface area (Å²) < 4.78 is 25.8. The molecule has 1 aromatic carbocycles. The Morgan fingerprint density at radius 3 is 2.74 bits per heavy atom. The van der Waals surface area contributed by atoms with Crippen molar-refractivity contribution in [2.24, 2.45) is 0 Å². The second kappa shape index (κ2) is 4.99. The first kappa shape index (κ1) is 13.5. The molecule has 2 rings (SSSR count). The first-order valence-corrected chi connectivity index (χ1v) is 7.16. The number of benzene rings is 1. The van der Waals surface area contributed by atoms with E-state index in [9.17, 15) is 13.2 Å². The van der Waals surface area contributed by atoms with Gasteiger partial charge < -0.3 is 5.11 Å². The van der Waals surface area contributed by atoms with E-state index in [1.165, 1.54) is 18.2 Å². The molecule has 1 aliphatic rings. The third-order valence-electron chi connectivity index (χ3n) is 3.08. The standard InChI is InChI=1S/C12H12N2O4S/c13-8-9-4-1-2-6-11(9)19(17,18)14-7-3-5-10(14)12(15)16/h1-2,4,6,10H,3,5,7H2,(H,15,16)/t10-/m1/s1. The summed E-state index contributed by atoms with van der Waals surface area (Å²) in [5, 5.41) is 18.0. The Morgan fingerprint density at radius 2 is 2.11 bits per heavy atom. The number of carboxylic acids is 1. The van der Waals surface area contributed by atoms with Crippen LogP contribution in [0.3, 0.4) is 0 Å². The summed E-state index contributed by atoms with van der Waals surface area (Å²) in [4.78, 5) is 10.9. The Hall–Kier alpha value is -1.91. The number of sulfonamides is 1. The lowest BCUT2D eigenvalue weighted by Gasteiger charge is -2.21. The number of hydrogen-bond acceptors (Lipinski definition) is 4. The molecule has 1 N–H and O–H groups in total. The Morgan fingerprint density at radius 1 is 1.42 bits per heavy atom. The van der Waals surface area contributed by atoms with Gasteiger partial charge >= 0.3 is 5.97 Å². The van der Waals surface area contributed by atoms with E-state index >= 15 is 0 Å². The maximum Gasteiger partial charge on any atom is 0.322 e. The van der Waals surface area contributed by atoms with Crippen molar-refractivity contribution >= 4 is 16.0 Å². The van der Waals surface area contributed by atoms with Gasteiger partial charge in [0.1, 0.15) is 12.1 Å². The van der Waals surface area contributed by atoms with Crippen molar-refractivity contribution in [2.75, 3.05) is 6.54 Å². The van der Waals surface area contributed by atoms with Crippen LogP contribution < -0.4 is 0 Å². The maximum absolute atomic E-state index is 12.4. The quantitative estimate of drug-likeness (QED) is 0.882. The molecule has 1 atom stereocenters. The minimum atomic E-state index is -3.95.